The van der Waals surface area contributed by atoms with Crippen LogP contribution in [-0.2, 0) is 4.79 Å². The third-order valence-corrected chi connectivity index (χ3v) is 5.67. The lowest BCUT2D eigenvalue weighted by atomic mass is 10.2. The molecule has 0 aromatic heterocycles. The molecule has 6 nitrogen and oxygen atoms in total. The number of amides is 1. The van der Waals surface area contributed by atoms with Crippen LogP contribution in [0.3, 0.4) is 0 Å². The van der Waals surface area contributed by atoms with Crippen molar-refractivity contribution >= 4 is 35.8 Å². The highest BCUT2D eigenvalue weighted by atomic mass is 127. The van der Waals surface area contributed by atoms with E-state index in [2.05, 4.69) is 20.1 Å². The lowest BCUT2D eigenvalue weighted by Gasteiger charge is -2.27. The molecule has 0 bridgehead atoms. The van der Waals surface area contributed by atoms with Crippen molar-refractivity contribution in [1.29, 1.82) is 0 Å². The van der Waals surface area contributed by atoms with Gasteiger partial charge < -0.3 is 15.1 Å². The fourth-order valence-corrected chi connectivity index (χ4v) is 4.11. The van der Waals surface area contributed by atoms with E-state index in [1.54, 1.807) is 19.0 Å². The van der Waals surface area contributed by atoms with Crippen LogP contribution >= 0.6 is 24.0 Å². The van der Waals surface area contributed by atoms with E-state index < -0.39 is 0 Å². The van der Waals surface area contributed by atoms with Crippen molar-refractivity contribution in [2.75, 3.05) is 46.8 Å². The highest BCUT2D eigenvalue weighted by Gasteiger charge is 2.31. The number of nitrogens with one attached hydrogen (secondary N) is 1. The first-order valence-electron chi connectivity index (χ1n) is 9.63. The molecule has 1 saturated carbocycles. The Hall–Kier alpha value is -0.570. The van der Waals surface area contributed by atoms with Crippen LogP contribution in [0.2, 0.25) is 0 Å². The molecule has 7 heteroatoms. The van der Waals surface area contributed by atoms with Gasteiger partial charge in [0.05, 0.1) is 0 Å². The maximum atomic E-state index is 11.9. The van der Waals surface area contributed by atoms with E-state index in [1.807, 2.05) is 0 Å². The molecule has 25 heavy (non-hydrogen) atoms. The summed E-state index contributed by atoms with van der Waals surface area (Å²) in [6, 6.07) is 1.19. The molecule has 1 N–H and O–H groups in total. The first kappa shape index (κ1) is 20.7. The SMILES string of the molecule is CN(C)C(=O)CN=C(NC1CCCC1)N1CCC(N2CCCC2)C1.I. The molecule has 144 valence electrons. The fourth-order valence-electron chi connectivity index (χ4n) is 4.11. The predicted octanol–water partition coefficient (Wildman–Crippen LogP) is 1.75. The quantitative estimate of drug-likeness (QED) is 0.392. The van der Waals surface area contributed by atoms with Gasteiger partial charge in [-0.3, -0.25) is 9.69 Å². The predicted molar refractivity (Wildman–Crippen MR) is 113 cm³/mol. The largest absolute Gasteiger partial charge is 0.353 e. The van der Waals surface area contributed by atoms with Crippen LogP contribution in [0.1, 0.15) is 44.9 Å². The van der Waals surface area contributed by atoms with Crippen molar-refractivity contribution in [3.05, 3.63) is 0 Å². The van der Waals surface area contributed by atoms with Crippen LogP contribution in [-0.4, -0.2) is 85.5 Å². The Labute approximate surface area is 169 Å². The van der Waals surface area contributed by atoms with Gasteiger partial charge in [-0.15, -0.1) is 24.0 Å². The molecule has 2 heterocycles. The van der Waals surface area contributed by atoms with Crippen molar-refractivity contribution < 1.29 is 4.79 Å². The number of carbonyl (C=O) groups is 1. The normalized spacial score (nSPS) is 25.3. The molecule has 2 saturated heterocycles. The van der Waals surface area contributed by atoms with Crippen molar-refractivity contribution in [1.82, 2.24) is 20.0 Å². The van der Waals surface area contributed by atoms with Crippen LogP contribution in [0.4, 0.5) is 0 Å². The molecule has 2 aliphatic heterocycles. The molecule has 3 rings (SSSR count). The third kappa shape index (κ3) is 5.70. The van der Waals surface area contributed by atoms with Gasteiger partial charge in [0, 0.05) is 39.3 Å². The average molecular weight is 463 g/mol. The van der Waals surface area contributed by atoms with E-state index in [9.17, 15) is 4.79 Å². The Morgan fingerprint density at radius 3 is 2.40 bits per heavy atom. The number of carbonyl (C=O) groups excluding carboxylic acids is 1. The van der Waals surface area contributed by atoms with Crippen LogP contribution in [0, 0.1) is 0 Å². The molecule has 3 fully saturated rings. The van der Waals surface area contributed by atoms with E-state index in [0.717, 1.165) is 19.0 Å². The van der Waals surface area contributed by atoms with Gasteiger partial charge in [0.2, 0.25) is 5.91 Å². The van der Waals surface area contributed by atoms with Gasteiger partial charge in [-0.05, 0) is 45.2 Å². The maximum absolute atomic E-state index is 11.9. The molecule has 1 aliphatic carbocycles. The highest BCUT2D eigenvalue weighted by molar-refractivity contribution is 14.0. The zero-order valence-electron chi connectivity index (χ0n) is 15.7. The van der Waals surface area contributed by atoms with Crippen molar-refractivity contribution in [2.24, 2.45) is 4.99 Å². The van der Waals surface area contributed by atoms with E-state index in [-0.39, 0.29) is 36.4 Å². The molecule has 0 aromatic carbocycles. The number of aliphatic imine (C=N–C) groups is 1. The number of rotatable bonds is 4. The highest BCUT2D eigenvalue weighted by Crippen LogP contribution is 2.22. The van der Waals surface area contributed by atoms with Crippen LogP contribution in [0.15, 0.2) is 4.99 Å². The number of hydrogen-bond acceptors (Lipinski definition) is 3. The summed E-state index contributed by atoms with van der Waals surface area (Å²) in [5.41, 5.74) is 0. The average Bonchev–Trinajstić information content (AvgIpc) is 3.32. The summed E-state index contributed by atoms with van der Waals surface area (Å²) in [5, 5.41) is 3.65. The van der Waals surface area contributed by atoms with Gasteiger partial charge >= 0.3 is 0 Å². The number of halogens is 1. The molecule has 0 aromatic rings. The van der Waals surface area contributed by atoms with E-state index in [0.29, 0.717) is 12.1 Å². The summed E-state index contributed by atoms with van der Waals surface area (Å²) in [4.78, 5) is 23.2. The monoisotopic (exact) mass is 463 g/mol. The minimum Gasteiger partial charge on any atom is -0.353 e. The number of guanidine groups is 1. The smallest absolute Gasteiger partial charge is 0.243 e. The van der Waals surface area contributed by atoms with Gasteiger partial charge in [-0.1, -0.05) is 12.8 Å². The molecule has 1 atom stereocenters. The van der Waals surface area contributed by atoms with Gasteiger partial charge in [0.25, 0.3) is 0 Å². The maximum Gasteiger partial charge on any atom is 0.243 e. The summed E-state index contributed by atoms with van der Waals surface area (Å²) < 4.78 is 0. The topological polar surface area (TPSA) is 51.2 Å². The minimum atomic E-state index is 0. The number of likely N-dealkylation sites (N-methyl/N-ethyl adjacent to an activating group) is 1. The lowest BCUT2D eigenvalue weighted by molar-refractivity contribution is -0.127. The molecule has 0 radical (unpaired) electrons. The second-order valence-corrected chi connectivity index (χ2v) is 7.69. The van der Waals surface area contributed by atoms with Gasteiger partial charge in [0.15, 0.2) is 5.96 Å². The number of hydrogen-bond donors (Lipinski definition) is 1. The Morgan fingerprint density at radius 2 is 1.76 bits per heavy atom. The first-order chi connectivity index (χ1) is 11.6. The first-order valence-corrected chi connectivity index (χ1v) is 9.63. The summed E-state index contributed by atoms with van der Waals surface area (Å²) in [6.45, 7) is 4.85. The zero-order chi connectivity index (χ0) is 16.9. The summed E-state index contributed by atoms with van der Waals surface area (Å²) in [5.74, 6) is 1.02. The van der Waals surface area contributed by atoms with Crippen molar-refractivity contribution in [2.45, 2.75) is 57.0 Å². The van der Waals surface area contributed by atoms with Gasteiger partial charge in [0.1, 0.15) is 6.54 Å². The second-order valence-electron chi connectivity index (χ2n) is 7.69. The molecule has 0 spiro atoms. The molecular weight excluding hydrogens is 429 g/mol. The fraction of sp³-hybridized carbons (Fsp3) is 0.889. The summed E-state index contributed by atoms with van der Waals surface area (Å²) in [7, 11) is 3.59. The van der Waals surface area contributed by atoms with E-state index in [4.69, 9.17) is 0 Å². The van der Waals surface area contributed by atoms with Crippen LogP contribution in [0.5, 0.6) is 0 Å². The lowest BCUT2D eigenvalue weighted by Crippen LogP contribution is -2.46. The third-order valence-electron chi connectivity index (χ3n) is 5.67. The molecule has 1 unspecified atom stereocenters. The Balaban J connectivity index is 0.00000225. The number of nitrogens with zero attached hydrogens (tertiary/aromatic N) is 4. The number of likely N-dealkylation sites (tertiary alicyclic amines) is 2. The van der Waals surface area contributed by atoms with Crippen LogP contribution in [0.25, 0.3) is 0 Å². The van der Waals surface area contributed by atoms with E-state index >= 15 is 0 Å². The van der Waals surface area contributed by atoms with Crippen molar-refractivity contribution in [3.8, 4) is 0 Å². The van der Waals surface area contributed by atoms with Crippen LogP contribution < -0.4 is 5.32 Å². The Morgan fingerprint density at radius 1 is 1.08 bits per heavy atom. The Kier molecular flexibility index (Phi) is 8.25. The van der Waals surface area contributed by atoms with Gasteiger partial charge in [-0.2, -0.15) is 0 Å². The Bertz CT molecular complexity index is 458. The molecule has 1 amide bonds. The molecule has 3 aliphatic rings. The van der Waals surface area contributed by atoms with Gasteiger partial charge in [-0.25, -0.2) is 4.99 Å². The van der Waals surface area contributed by atoms with E-state index in [1.165, 1.54) is 58.0 Å². The minimum absolute atomic E-state index is 0. The standard InChI is InChI=1S/C18H33N5O.HI/c1-21(2)17(24)13-19-18(20-15-7-3-4-8-15)23-12-9-16(14-23)22-10-5-6-11-22;/h15-16H,3-14H2,1-2H3,(H,19,20);1H. The molecular formula is C18H34IN5O. The zero-order valence-corrected chi connectivity index (χ0v) is 18.1. The summed E-state index contributed by atoms with van der Waals surface area (Å²) in [6.07, 6.45) is 8.96. The summed E-state index contributed by atoms with van der Waals surface area (Å²) >= 11 is 0. The second kappa shape index (κ2) is 9.94. The van der Waals surface area contributed by atoms with Crippen molar-refractivity contribution in [3.63, 3.8) is 0 Å².